The van der Waals surface area contributed by atoms with Gasteiger partial charge < -0.3 is 10.5 Å². The smallest absolute Gasteiger partial charge is 0.205 e. The van der Waals surface area contributed by atoms with Gasteiger partial charge in [-0.15, -0.1) is 0 Å². The number of hydrogen-bond donors (Lipinski definition) is 1. The summed E-state index contributed by atoms with van der Waals surface area (Å²) >= 11 is 2.27. The Morgan fingerprint density at radius 1 is 1.16 bits per heavy atom. The van der Waals surface area contributed by atoms with Crippen molar-refractivity contribution in [3.05, 3.63) is 46.0 Å². The minimum Gasteiger partial charge on any atom is -0.497 e. The summed E-state index contributed by atoms with van der Waals surface area (Å²) in [4.78, 5) is 4.40. The van der Waals surface area contributed by atoms with Gasteiger partial charge in [-0.25, -0.2) is 4.98 Å². The van der Waals surface area contributed by atoms with Crippen LogP contribution in [-0.4, -0.2) is 16.7 Å². The van der Waals surface area contributed by atoms with Crippen molar-refractivity contribution in [1.29, 1.82) is 0 Å². The SMILES string of the molecule is COc1ccc(-n2c(N)nc3cc(I)ccc32)cc1. The maximum atomic E-state index is 6.02. The van der Waals surface area contributed by atoms with Crippen LogP contribution in [0, 0.1) is 3.57 Å². The largest absolute Gasteiger partial charge is 0.497 e. The molecule has 1 aromatic heterocycles. The summed E-state index contributed by atoms with van der Waals surface area (Å²) in [5, 5.41) is 0. The third-order valence-electron chi connectivity index (χ3n) is 2.97. The van der Waals surface area contributed by atoms with E-state index in [1.165, 1.54) is 0 Å². The van der Waals surface area contributed by atoms with Crippen LogP contribution in [0.1, 0.15) is 0 Å². The number of methoxy groups -OCH3 is 1. The number of benzene rings is 2. The molecule has 5 heteroatoms. The van der Waals surface area contributed by atoms with E-state index in [9.17, 15) is 0 Å². The fourth-order valence-corrected chi connectivity index (χ4v) is 2.55. The highest BCUT2D eigenvalue weighted by molar-refractivity contribution is 14.1. The maximum Gasteiger partial charge on any atom is 0.205 e. The van der Waals surface area contributed by atoms with Gasteiger partial charge in [-0.1, -0.05) is 0 Å². The Morgan fingerprint density at radius 3 is 2.58 bits per heavy atom. The van der Waals surface area contributed by atoms with Crippen molar-refractivity contribution in [2.45, 2.75) is 0 Å². The van der Waals surface area contributed by atoms with Gasteiger partial charge in [0, 0.05) is 9.26 Å². The summed E-state index contributed by atoms with van der Waals surface area (Å²) in [5.41, 5.74) is 8.90. The first-order chi connectivity index (χ1) is 9.19. The molecule has 1 heterocycles. The summed E-state index contributed by atoms with van der Waals surface area (Å²) in [6.45, 7) is 0. The molecule has 96 valence electrons. The van der Waals surface area contributed by atoms with Crippen molar-refractivity contribution >= 4 is 39.6 Å². The molecule has 3 rings (SSSR count). The Kier molecular flexibility index (Phi) is 3.06. The molecule has 0 unspecified atom stereocenters. The number of rotatable bonds is 2. The van der Waals surface area contributed by atoms with Crippen LogP contribution in [-0.2, 0) is 0 Å². The van der Waals surface area contributed by atoms with Crippen molar-refractivity contribution in [3.8, 4) is 11.4 Å². The first-order valence-corrected chi connectivity index (χ1v) is 6.85. The van der Waals surface area contributed by atoms with Crippen LogP contribution in [0.5, 0.6) is 5.75 Å². The fraction of sp³-hybridized carbons (Fsp3) is 0.0714. The molecular formula is C14H12IN3O. The molecule has 3 aromatic rings. The quantitative estimate of drug-likeness (QED) is 0.710. The summed E-state index contributed by atoms with van der Waals surface area (Å²) in [5.74, 6) is 1.31. The number of nitrogens with two attached hydrogens (primary N) is 1. The second-order valence-corrected chi connectivity index (χ2v) is 5.38. The van der Waals surface area contributed by atoms with Crippen LogP contribution in [0.15, 0.2) is 42.5 Å². The molecule has 0 atom stereocenters. The van der Waals surface area contributed by atoms with Gasteiger partial charge in [-0.05, 0) is 65.1 Å². The van der Waals surface area contributed by atoms with E-state index in [2.05, 4.69) is 27.6 Å². The zero-order valence-electron chi connectivity index (χ0n) is 10.3. The van der Waals surface area contributed by atoms with Gasteiger partial charge in [0.05, 0.1) is 18.1 Å². The van der Waals surface area contributed by atoms with Crippen LogP contribution in [0.4, 0.5) is 5.95 Å². The average Bonchev–Trinajstić information content (AvgIpc) is 2.74. The number of halogens is 1. The molecule has 19 heavy (non-hydrogen) atoms. The Hall–Kier alpha value is -1.76. The summed E-state index contributed by atoms with van der Waals surface area (Å²) in [6, 6.07) is 13.9. The second-order valence-electron chi connectivity index (χ2n) is 4.14. The third-order valence-corrected chi connectivity index (χ3v) is 3.64. The zero-order chi connectivity index (χ0) is 13.4. The van der Waals surface area contributed by atoms with Gasteiger partial charge in [0.1, 0.15) is 5.75 Å². The number of imidazole rings is 1. The van der Waals surface area contributed by atoms with Gasteiger partial charge in [0.2, 0.25) is 5.95 Å². The molecule has 0 spiro atoms. The van der Waals surface area contributed by atoms with Crippen LogP contribution >= 0.6 is 22.6 Å². The lowest BCUT2D eigenvalue weighted by molar-refractivity contribution is 0.415. The number of hydrogen-bond acceptors (Lipinski definition) is 3. The van der Waals surface area contributed by atoms with Crippen molar-refractivity contribution < 1.29 is 4.74 Å². The first kappa shape index (κ1) is 12.3. The molecule has 0 amide bonds. The monoisotopic (exact) mass is 365 g/mol. The Bertz CT molecular complexity index is 734. The zero-order valence-corrected chi connectivity index (χ0v) is 12.5. The van der Waals surface area contributed by atoms with E-state index in [0.717, 1.165) is 26.0 Å². The topological polar surface area (TPSA) is 53.1 Å². The Morgan fingerprint density at radius 2 is 1.89 bits per heavy atom. The van der Waals surface area contributed by atoms with Crippen LogP contribution in [0.2, 0.25) is 0 Å². The molecule has 0 aliphatic rings. The van der Waals surface area contributed by atoms with E-state index >= 15 is 0 Å². The van der Waals surface area contributed by atoms with E-state index in [1.54, 1.807) is 7.11 Å². The first-order valence-electron chi connectivity index (χ1n) is 5.77. The molecule has 2 N–H and O–H groups in total. The van der Waals surface area contributed by atoms with E-state index in [-0.39, 0.29) is 0 Å². The molecule has 2 aromatic carbocycles. The van der Waals surface area contributed by atoms with Gasteiger partial charge in [0.25, 0.3) is 0 Å². The predicted octanol–water partition coefficient (Wildman–Crippen LogP) is 3.22. The van der Waals surface area contributed by atoms with Crippen LogP contribution < -0.4 is 10.5 Å². The number of fused-ring (bicyclic) bond motifs is 1. The lowest BCUT2D eigenvalue weighted by atomic mass is 10.2. The van der Waals surface area contributed by atoms with Crippen molar-refractivity contribution in [1.82, 2.24) is 9.55 Å². The number of nitrogens with zero attached hydrogens (tertiary/aromatic N) is 2. The molecule has 0 aliphatic heterocycles. The lowest BCUT2D eigenvalue weighted by Gasteiger charge is -2.07. The summed E-state index contributed by atoms with van der Waals surface area (Å²) < 4.78 is 8.24. The molecule has 0 radical (unpaired) electrons. The lowest BCUT2D eigenvalue weighted by Crippen LogP contribution is -2.00. The van der Waals surface area contributed by atoms with Crippen molar-refractivity contribution in [2.75, 3.05) is 12.8 Å². The van der Waals surface area contributed by atoms with E-state index in [1.807, 2.05) is 47.0 Å². The minimum absolute atomic E-state index is 0.488. The molecule has 0 bridgehead atoms. The van der Waals surface area contributed by atoms with Gasteiger partial charge in [-0.2, -0.15) is 0 Å². The third kappa shape index (κ3) is 2.14. The van der Waals surface area contributed by atoms with Gasteiger partial charge >= 0.3 is 0 Å². The molecule has 0 saturated heterocycles. The normalized spacial score (nSPS) is 10.8. The minimum atomic E-state index is 0.488. The number of nitrogen functional groups attached to an aromatic ring is 1. The standard InChI is InChI=1S/C14H12IN3O/c1-19-11-5-3-10(4-6-11)18-13-7-2-9(15)8-12(13)17-14(18)16/h2-8H,1H3,(H2,16,17). The Labute approximate surface area is 124 Å². The van der Waals surface area contributed by atoms with E-state index in [4.69, 9.17) is 10.5 Å². The number of anilines is 1. The van der Waals surface area contributed by atoms with Crippen molar-refractivity contribution in [2.24, 2.45) is 0 Å². The maximum absolute atomic E-state index is 6.02. The Balaban J connectivity index is 2.20. The van der Waals surface area contributed by atoms with E-state index in [0.29, 0.717) is 5.95 Å². The van der Waals surface area contributed by atoms with Gasteiger partial charge in [0.15, 0.2) is 0 Å². The number of ether oxygens (including phenoxy) is 1. The van der Waals surface area contributed by atoms with Gasteiger partial charge in [-0.3, -0.25) is 4.57 Å². The summed E-state index contributed by atoms with van der Waals surface area (Å²) in [7, 11) is 1.65. The average molecular weight is 365 g/mol. The highest BCUT2D eigenvalue weighted by Gasteiger charge is 2.10. The molecule has 0 aliphatic carbocycles. The van der Waals surface area contributed by atoms with E-state index < -0.39 is 0 Å². The molecule has 0 fully saturated rings. The molecule has 4 nitrogen and oxygen atoms in total. The summed E-state index contributed by atoms with van der Waals surface area (Å²) in [6.07, 6.45) is 0. The predicted molar refractivity (Wildman–Crippen MR) is 84.8 cm³/mol. The molecule has 0 saturated carbocycles. The van der Waals surface area contributed by atoms with Crippen LogP contribution in [0.3, 0.4) is 0 Å². The number of aromatic nitrogens is 2. The fourth-order valence-electron chi connectivity index (χ4n) is 2.07. The molecular weight excluding hydrogens is 353 g/mol. The second kappa shape index (κ2) is 4.73. The highest BCUT2D eigenvalue weighted by Crippen LogP contribution is 2.25. The highest BCUT2D eigenvalue weighted by atomic mass is 127. The van der Waals surface area contributed by atoms with Crippen LogP contribution in [0.25, 0.3) is 16.7 Å². The van der Waals surface area contributed by atoms with Crippen molar-refractivity contribution in [3.63, 3.8) is 0 Å².